The molecule has 3 aromatic rings. The molecule has 5 nitrogen and oxygen atoms in total. The fourth-order valence-electron chi connectivity index (χ4n) is 2.14. The van der Waals surface area contributed by atoms with Crippen molar-refractivity contribution in [3.05, 3.63) is 40.6 Å². The van der Waals surface area contributed by atoms with Crippen LogP contribution in [0.1, 0.15) is 0 Å². The van der Waals surface area contributed by atoms with E-state index < -0.39 is 5.75 Å². The highest BCUT2D eigenvalue weighted by Gasteiger charge is 2.12. The minimum Gasteiger partial charge on any atom is -0.504 e. The molecule has 0 unspecified atom stereocenters. The molecule has 2 aromatic carbocycles. The molecule has 0 aliphatic heterocycles. The van der Waals surface area contributed by atoms with Gasteiger partial charge in [-0.1, -0.05) is 0 Å². The molecule has 3 rings (SSSR count). The smallest absolute Gasteiger partial charge is 0.201 e. The van der Waals surface area contributed by atoms with Gasteiger partial charge in [0.2, 0.25) is 5.43 Å². The van der Waals surface area contributed by atoms with Crippen molar-refractivity contribution in [3.63, 3.8) is 0 Å². The van der Waals surface area contributed by atoms with E-state index >= 15 is 0 Å². The molecule has 3 N–H and O–H groups in total. The minimum atomic E-state index is -0.413. The molecule has 0 aliphatic carbocycles. The number of nitrogens with one attached hydrogen (secondary N) is 1. The number of pyridine rings is 1. The number of phenols is 2. The number of aromatic nitrogens is 1. The lowest BCUT2D eigenvalue weighted by Gasteiger charge is -2.07. The van der Waals surface area contributed by atoms with Gasteiger partial charge < -0.3 is 19.9 Å². The third kappa shape index (κ3) is 1.59. The van der Waals surface area contributed by atoms with Gasteiger partial charge in [0.1, 0.15) is 5.75 Å². The number of methoxy groups -OCH3 is 1. The lowest BCUT2D eigenvalue weighted by molar-refractivity contribution is 0.408. The lowest BCUT2D eigenvalue weighted by Crippen LogP contribution is -2.04. The summed E-state index contributed by atoms with van der Waals surface area (Å²) in [7, 11) is 1.51. The first-order valence-corrected chi connectivity index (χ1v) is 5.66. The molecule has 5 heteroatoms. The van der Waals surface area contributed by atoms with Gasteiger partial charge in [0.15, 0.2) is 11.5 Å². The van der Waals surface area contributed by atoms with Crippen molar-refractivity contribution >= 4 is 21.8 Å². The molecule has 0 radical (unpaired) electrons. The van der Waals surface area contributed by atoms with Crippen LogP contribution in [-0.2, 0) is 0 Å². The Morgan fingerprint density at radius 2 is 1.84 bits per heavy atom. The number of H-pyrrole nitrogens is 1. The summed E-state index contributed by atoms with van der Waals surface area (Å²) in [4.78, 5) is 15.4. The Kier molecular flexibility index (Phi) is 2.35. The van der Waals surface area contributed by atoms with Crippen LogP contribution in [0.15, 0.2) is 35.1 Å². The first-order valence-electron chi connectivity index (χ1n) is 5.66. The van der Waals surface area contributed by atoms with Gasteiger partial charge in [0.25, 0.3) is 0 Å². The number of benzene rings is 2. The second-order valence-corrected chi connectivity index (χ2v) is 4.22. The fraction of sp³-hybridized carbons (Fsp3) is 0.0714. The van der Waals surface area contributed by atoms with Gasteiger partial charge in [-0.2, -0.15) is 0 Å². The van der Waals surface area contributed by atoms with E-state index in [2.05, 4.69) is 4.98 Å². The second-order valence-electron chi connectivity index (χ2n) is 4.22. The van der Waals surface area contributed by atoms with E-state index in [0.29, 0.717) is 22.2 Å². The highest BCUT2D eigenvalue weighted by Crippen LogP contribution is 2.31. The molecule has 1 heterocycles. The van der Waals surface area contributed by atoms with E-state index in [-0.39, 0.29) is 16.6 Å². The molecular weight excluding hydrogens is 246 g/mol. The third-order valence-corrected chi connectivity index (χ3v) is 3.12. The molecule has 96 valence electrons. The van der Waals surface area contributed by atoms with Crippen LogP contribution in [0.2, 0.25) is 0 Å². The molecule has 19 heavy (non-hydrogen) atoms. The molecule has 0 spiro atoms. The number of aromatic hydroxyl groups is 2. The van der Waals surface area contributed by atoms with Crippen LogP contribution in [-0.4, -0.2) is 22.3 Å². The molecule has 1 aromatic heterocycles. The van der Waals surface area contributed by atoms with Gasteiger partial charge in [-0.15, -0.1) is 0 Å². The SMILES string of the molecule is COc1ccc2[nH]c3ccc(O)c(O)c3c(=O)c2c1. The quantitative estimate of drug-likeness (QED) is 0.460. The second kappa shape index (κ2) is 3.91. The van der Waals surface area contributed by atoms with Gasteiger partial charge >= 0.3 is 0 Å². The molecule has 0 amide bonds. The molecule has 0 atom stereocenters. The number of ether oxygens (including phenoxy) is 1. The third-order valence-electron chi connectivity index (χ3n) is 3.12. The number of rotatable bonds is 1. The molecule has 0 aliphatic rings. The summed E-state index contributed by atoms with van der Waals surface area (Å²) >= 11 is 0. The summed E-state index contributed by atoms with van der Waals surface area (Å²) in [5.74, 6) is -0.180. The van der Waals surface area contributed by atoms with Crippen molar-refractivity contribution in [1.29, 1.82) is 0 Å². The van der Waals surface area contributed by atoms with Gasteiger partial charge in [0.05, 0.1) is 23.5 Å². The zero-order chi connectivity index (χ0) is 13.6. The van der Waals surface area contributed by atoms with Crippen LogP contribution < -0.4 is 10.2 Å². The first kappa shape index (κ1) is 11.4. The van der Waals surface area contributed by atoms with Crippen molar-refractivity contribution < 1.29 is 14.9 Å². The zero-order valence-corrected chi connectivity index (χ0v) is 10.1. The van der Waals surface area contributed by atoms with Gasteiger partial charge in [-0.3, -0.25) is 4.79 Å². The van der Waals surface area contributed by atoms with Gasteiger partial charge in [-0.25, -0.2) is 0 Å². The Labute approximate surface area is 107 Å². The van der Waals surface area contributed by atoms with E-state index in [1.165, 1.54) is 13.2 Å². The van der Waals surface area contributed by atoms with Crippen LogP contribution in [0.3, 0.4) is 0 Å². The Morgan fingerprint density at radius 1 is 1.11 bits per heavy atom. The number of hydrogen-bond acceptors (Lipinski definition) is 4. The normalized spacial score (nSPS) is 11.0. The van der Waals surface area contributed by atoms with Crippen molar-refractivity contribution in [2.24, 2.45) is 0 Å². The summed E-state index contributed by atoms with van der Waals surface area (Å²) in [6.07, 6.45) is 0. The molecule has 0 fully saturated rings. The first-order chi connectivity index (χ1) is 9.11. The molecule has 0 saturated heterocycles. The van der Waals surface area contributed by atoms with Crippen LogP contribution in [0.4, 0.5) is 0 Å². The zero-order valence-electron chi connectivity index (χ0n) is 10.1. The van der Waals surface area contributed by atoms with E-state index in [9.17, 15) is 15.0 Å². The van der Waals surface area contributed by atoms with E-state index in [0.717, 1.165) is 0 Å². The van der Waals surface area contributed by atoms with Gasteiger partial charge in [-0.05, 0) is 30.3 Å². The topological polar surface area (TPSA) is 82.6 Å². The summed E-state index contributed by atoms with van der Waals surface area (Å²) in [6.45, 7) is 0. The predicted octanol–water partition coefficient (Wildman–Crippen LogP) is 2.10. The average Bonchev–Trinajstić information content (AvgIpc) is 2.43. The van der Waals surface area contributed by atoms with E-state index in [1.807, 2.05) is 0 Å². The van der Waals surface area contributed by atoms with E-state index in [1.54, 1.807) is 24.3 Å². The Bertz CT molecular complexity index is 851. The maximum atomic E-state index is 12.4. The number of aromatic amines is 1. The van der Waals surface area contributed by atoms with Crippen LogP contribution >= 0.6 is 0 Å². The monoisotopic (exact) mass is 257 g/mol. The van der Waals surface area contributed by atoms with Crippen molar-refractivity contribution in [2.75, 3.05) is 7.11 Å². The Hall–Kier alpha value is -2.69. The summed E-state index contributed by atoms with van der Waals surface area (Å²) in [5, 5.41) is 19.8. The number of fused-ring (bicyclic) bond motifs is 2. The van der Waals surface area contributed by atoms with Gasteiger partial charge in [0, 0.05) is 5.39 Å². The highest BCUT2D eigenvalue weighted by molar-refractivity contribution is 5.97. The van der Waals surface area contributed by atoms with Crippen LogP contribution in [0, 0.1) is 0 Å². The largest absolute Gasteiger partial charge is 0.504 e. The summed E-state index contributed by atoms with van der Waals surface area (Å²) in [5.41, 5.74) is 0.761. The van der Waals surface area contributed by atoms with Crippen LogP contribution in [0.25, 0.3) is 21.8 Å². The Morgan fingerprint density at radius 3 is 2.58 bits per heavy atom. The van der Waals surface area contributed by atoms with Crippen LogP contribution in [0.5, 0.6) is 17.2 Å². The number of phenolic OH excluding ortho intramolecular Hbond substituents is 2. The highest BCUT2D eigenvalue weighted by atomic mass is 16.5. The maximum Gasteiger partial charge on any atom is 0.201 e. The molecular formula is C14H11NO4. The summed E-state index contributed by atoms with van der Waals surface area (Å²) < 4.78 is 5.08. The van der Waals surface area contributed by atoms with E-state index in [4.69, 9.17) is 4.74 Å². The van der Waals surface area contributed by atoms with Crippen molar-refractivity contribution in [3.8, 4) is 17.2 Å². The predicted molar refractivity (Wildman–Crippen MR) is 72.0 cm³/mol. The number of hydrogen-bond donors (Lipinski definition) is 3. The summed E-state index contributed by atoms with van der Waals surface area (Å²) in [6, 6.07) is 7.96. The molecule has 0 bridgehead atoms. The fourth-order valence-corrected chi connectivity index (χ4v) is 2.14. The standard InChI is InChI=1S/C14H11NO4/c1-19-7-2-3-9-8(6-7)13(17)12-10(15-9)4-5-11(16)14(12)18/h2-6,16,18H,1H3,(H,15,17). The Balaban J connectivity index is 2.54. The van der Waals surface area contributed by atoms with Crippen molar-refractivity contribution in [1.82, 2.24) is 4.98 Å². The maximum absolute atomic E-state index is 12.4. The average molecular weight is 257 g/mol. The minimum absolute atomic E-state index is 0.0701. The lowest BCUT2D eigenvalue weighted by atomic mass is 10.1. The molecule has 0 saturated carbocycles. The van der Waals surface area contributed by atoms with Crippen molar-refractivity contribution in [2.45, 2.75) is 0 Å².